The van der Waals surface area contributed by atoms with E-state index in [9.17, 15) is 0 Å². The number of aromatic hydroxyl groups is 1. The molecule has 0 atom stereocenters. The SMILES string of the molecule is COc1c(Br)cnc(O)c1C#N. The summed E-state index contributed by atoms with van der Waals surface area (Å²) < 4.78 is 5.42. The van der Waals surface area contributed by atoms with Crippen molar-refractivity contribution in [2.75, 3.05) is 7.11 Å². The number of hydrogen-bond donors (Lipinski definition) is 1. The third-order valence-corrected chi connectivity index (χ3v) is 1.85. The van der Waals surface area contributed by atoms with Gasteiger partial charge < -0.3 is 9.84 Å². The second kappa shape index (κ2) is 3.41. The van der Waals surface area contributed by atoms with Gasteiger partial charge in [-0.05, 0) is 15.9 Å². The summed E-state index contributed by atoms with van der Waals surface area (Å²) in [5.41, 5.74) is 0.0341. The first-order chi connectivity index (χ1) is 5.70. The smallest absolute Gasteiger partial charge is 0.233 e. The molecule has 0 saturated carbocycles. The van der Waals surface area contributed by atoms with E-state index in [0.29, 0.717) is 10.2 Å². The highest BCUT2D eigenvalue weighted by Gasteiger charge is 2.12. The van der Waals surface area contributed by atoms with Gasteiger partial charge in [0.25, 0.3) is 0 Å². The molecule has 0 aliphatic carbocycles. The van der Waals surface area contributed by atoms with Crippen LogP contribution in [-0.4, -0.2) is 17.2 Å². The number of ether oxygens (including phenoxy) is 1. The van der Waals surface area contributed by atoms with Gasteiger partial charge in [0.05, 0.1) is 11.6 Å². The average Bonchev–Trinajstić information content (AvgIpc) is 2.08. The zero-order valence-electron chi connectivity index (χ0n) is 6.21. The average molecular weight is 229 g/mol. The number of pyridine rings is 1. The Kier molecular flexibility index (Phi) is 2.51. The lowest BCUT2D eigenvalue weighted by Gasteiger charge is -2.04. The number of nitriles is 1. The van der Waals surface area contributed by atoms with Crippen molar-refractivity contribution in [3.63, 3.8) is 0 Å². The van der Waals surface area contributed by atoms with Gasteiger partial charge in [-0.25, -0.2) is 4.98 Å². The molecule has 0 aliphatic rings. The molecule has 0 bridgehead atoms. The summed E-state index contributed by atoms with van der Waals surface area (Å²) in [7, 11) is 1.42. The van der Waals surface area contributed by atoms with Crippen LogP contribution in [0.3, 0.4) is 0 Å². The molecule has 5 heteroatoms. The van der Waals surface area contributed by atoms with E-state index in [2.05, 4.69) is 20.9 Å². The van der Waals surface area contributed by atoms with E-state index in [0.717, 1.165) is 0 Å². The topological polar surface area (TPSA) is 66.1 Å². The molecule has 0 saturated heterocycles. The highest BCUT2D eigenvalue weighted by Crippen LogP contribution is 2.31. The summed E-state index contributed by atoms with van der Waals surface area (Å²) in [4.78, 5) is 3.56. The Morgan fingerprint density at radius 3 is 2.83 bits per heavy atom. The van der Waals surface area contributed by atoms with Crippen molar-refractivity contribution in [2.24, 2.45) is 0 Å². The van der Waals surface area contributed by atoms with Crippen molar-refractivity contribution in [3.05, 3.63) is 16.2 Å². The van der Waals surface area contributed by atoms with Crippen LogP contribution in [0.25, 0.3) is 0 Å². The van der Waals surface area contributed by atoms with Gasteiger partial charge in [0.2, 0.25) is 5.88 Å². The normalized spacial score (nSPS) is 9.08. The van der Waals surface area contributed by atoms with Gasteiger partial charge in [0.1, 0.15) is 6.07 Å². The van der Waals surface area contributed by atoms with E-state index in [-0.39, 0.29) is 11.4 Å². The lowest BCUT2D eigenvalue weighted by Crippen LogP contribution is -1.91. The van der Waals surface area contributed by atoms with Crippen molar-refractivity contribution in [2.45, 2.75) is 0 Å². The highest BCUT2D eigenvalue weighted by molar-refractivity contribution is 9.10. The fourth-order valence-electron chi connectivity index (χ4n) is 0.762. The number of halogens is 1. The number of rotatable bonds is 1. The molecule has 0 amide bonds. The Morgan fingerprint density at radius 1 is 1.75 bits per heavy atom. The Hall–Kier alpha value is -1.28. The molecule has 1 aromatic rings. The van der Waals surface area contributed by atoms with Crippen molar-refractivity contribution in [1.82, 2.24) is 4.98 Å². The zero-order valence-corrected chi connectivity index (χ0v) is 7.79. The summed E-state index contributed by atoms with van der Waals surface area (Å²) in [6, 6.07) is 1.79. The van der Waals surface area contributed by atoms with Crippen LogP contribution in [0.5, 0.6) is 11.6 Å². The maximum absolute atomic E-state index is 9.11. The third-order valence-electron chi connectivity index (χ3n) is 1.28. The molecule has 1 rings (SSSR count). The molecule has 0 fully saturated rings. The highest BCUT2D eigenvalue weighted by atomic mass is 79.9. The molecule has 4 nitrogen and oxygen atoms in total. The van der Waals surface area contributed by atoms with Gasteiger partial charge in [-0.15, -0.1) is 0 Å². The van der Waals surface area contributed by atoms with Crippen LogP contribution in [0.2, 0.25) is 0 Å². The number of hydrogen-bond acceptors (Lipinski definition) is 4. The van der Waals surface area contributed by atoms with Gasteiger partial charge in [0, 0.05) is 6.20 Å². The standard InChI is InChI=1S/C7H5BrN2O2/c1-12-6-4(2-9)7(11)10-3-5(6)8/h3H,1H3,(H,10,11). The minimum absolute atomic E-state index is 0.0341. The lowest BCUT2D eigenvalue weighted by molar-refractivity contribution is 0.397. The zero-order chi connectivity index (χ0) is 9.14. The third kappa shape index (κ3) is 1.34. The van der Waals surface area contributed by atoms with Crippen molar-refractivity contribution < 1.29 is 9.84 Å². The van der Waals surface area contributed by atoms with E-state index in [1.54, 1.807) is 6.07 Å². The molecule has 12 heavy (non-hydrogen) atoms. The first kappa shape index (κ1) is 8.81. The van der Waals surface area contributed by atoms with E-state index in [4.69, 9.17) is 15.1 Å². The molecule has 1 aromatic heterocycles. The van der Waals surface area contributed by atoms with E-state index in [1.165, 1.54) is 13.3 Å². The van der Waals surface area contributed by atoms with Gasteiger partial charge in [0.15, 0.2) is 11.3 Å². The number of nitrogens with zero attached hydrogens (tertiary/aromatic N) is 2. The fourth-order valence-corrected chi connectivity index (χ4v) is 1.22. The van der Waals surface area contributed by atoms with Crippen LogP contribution < -0.4 is 4.74 Å². The first-order valence-electron chi connectivity index (χ1n) is 3.02. The van der Waals surface area contributed by atoms with E-state index >= 15 is 0 Å². The van der Waals surface area contributed by atoms with Gasteiger partial charge in [-0.3, -0.25) is 0 Å². The summed E-state index contributed by atoms with van der Waals surface area (Å²) in [5.74, 6) is -0.0254. The second-order valence-electron chi connectivity index (χ2n) is 1.95. The van der Waals surface area contributed by atoms with Crippen LogP contribution in [0.4, 0.5) is 0 Å². The summed E-state index contributed by atoms with van der Waals surface area (Å²) >= 11 is 3.13. The first-order valence-corrected chi connectivity index (χ1v) is 3.81. The maximum Gasteiger partial charge on any atom is 0.233 e. The monoisotopic (exact) mass is 228 g/mol. The van der Waals surface area contributed by atoms with Crippen LogP contribution >= 0.6 is 15.9 Å². The minimum Gasteiger partial charge on any atom is -0.494 e. The van der Waals surface area contributed by atoms with Crippen LogP contribution in [0.15, 0.2) is 10.7 Å². The molecule has 0 aromatic carbocycles. The predicted octanol–water partition coefficient (Wildman–Crippen LogP) is 1.43. The van der Waals surface area contributed by atoms with Crippen LogP contribution in [0, 0.1) is 11.3 Å². The molecule has 0 radical (unpaired) electrons. The quantitative estimate of drug-likeness (QED) is 0.790. The number of aromatic nitrogens is 1. The maximum atomic E-state index is 9.11. The predicted molar refractivity (Wildman–Crippen MR) is 44.9 cm³/mol. The summed E-state index contributed by atoms with van der Waals surface area (Å²) in [6.07, 6.45) is 1.37. The Bertz CT molecular complexity index is 346. The van der Waals surface area contributed by atoms with Gasteiger partial charge >= 0.3 is 0 Å². The van der Waals surface area contributed by atoms with Crippen molar-refractivity contribution in [1.29, 1.82) is 5.26 Å². The number of methoxy groups -OCH3 is 1. The Labute approximate surface area is 77.5 Å². The van der Waals surface area contributed by atoms with E-state index in [1.807, 2.05) is 0 Å². The Balaban J connectivity index is 3.41. The molecular formula is C7H5BrN2O2. The van der Waals surface area contributed by atoms with Gasteiger partial charge in [-0.2, -0.15) is 5.26 Å². The molecule has 0 spiro atoms. The molecule has 1 N–H and O–H groups in total. The van der Waals surface area contributed by atoms with Crippen molar-refractivity contribution >= 4 is 15.9 Å². The second-order valence-corrected chi connectivity index (χ2v) is 2.80. The van der Waals surface area contributed by atoms with E-state index < -0.39 is 0 Å². The molecular weight excluding hydrogens is 224 g/mol. The molecule has 0 unspecified atom stereocenters. The summed E-state index contributed by atoms with van der Waals surface area (Å²) in [5, 5.41) is 17.7. The van der Waals surface area contributed by atoms with Crippen molar-refractivity contribution in [3.8, 4) is 17.7 Å². The minimum atomic E-state index is -0.322. The van der Waals surface area contributed by atoms with Crippen LogP contribution in [-0.2, 0) is 0 Å². The molecule has 0 aliphatic heterocycles. The fraction of sp³-hybridized carbons (Fsp3) is 0.143. The largest absolute Gasteiger partial charge is 0.494 e. The molecule has 62 valence electrons. The molecule has 1 heterocycles. The Morgan fingerprint density at radius 2 is 2.42 bits per heavy atom. The van der Waals surface area contributed by atoms with Gasteiger partial charge in [-0.1, -0.05) is 0 Å². The van der Waals surface area contributed by atoms with Crippen LogP contribution in [0.1, 0.15) is 5.56 Å². The summed E-state index contributed by atoms with van der Waals surface area (Å²) in [6.45, 7) is 0. The lowest BCUT2D eigenvalue weighted by atomic mass is 10.3.